The van der Waals surface area contributed by atoms with Crippen molar-refractivity contribution in [2.75, 3.05) is 11.9 Å². The number of thiazole rings is 1. The molecule has 5 rings (SSSR count). The summed E-state index contributed by atoms with van der Waals surface area (Å²) in [5, 5.41) is 4.20. The monoisotopic (exact) mass is 617 g/mol. The van der Waals surface area contributed by atoms with Gasteiger partial charge in [-0.2, -0.15) is 0 Å². The Kier molecular flexibility index (Phi) is 9.25. The van der Waals surface area contributed by atoms with E-state index in [1.165, 1.54) is 47.3 Å². The largest absolute Gasteiger partial charge is 0.490 e. The summed E-state index contributed by atoms with van der Waals surface area (Å²) < 4.78 is 6.61. The number of amides is 2. The zero-order valence-corrected chi connectivity index (χ0v) is 24.8. The van der Waals surface area contributed by atoms with Crippen LogP contribution in [-0.4, -0.2) is 38.7 Å². The first-order valence-corrected chi connectivity index (χ1v) is 15.4. The standard InChI is InChI=1S/C28H25Cl2N3O3S3/c29-21-11-6-8-18(25(21)30)13-20-15-31-27(38-20)32-24(34)16-33-26(35)23(39-28(33)37)14-17-7-4-5-12-22(17)36-19-9-2-1-3-10-19/h4-8,11-12,14-15,19H,1-3,9-10,13,16H2,(H,31,32,34)/b23-14-. The third-order valence-electron chi connectivity index (χ3n) is 6.42. The number of carbonyl (C=O) groups is 2. The third-order valence-corrected chi connectivity index (χ3v) is 9.57. The summed E-state index contributed by atoms with van der Waals surface area (Å²) >= 11 is 20.4. The molecule has 1 aliphatic heterocycles. The highest BCUT2D eigenvalue weighted by Crippen LogP contribution is 2.35. The zero-order valence-electron chi connectivity index (χ0n) is 20.8. The van der Waals surface area contributed by atoms with Gasteiger partial charge in [0.05, 0.1) is 21.1 Å². The summed E-state index contributed by atoms with van der Waals surface area (Å²) in [4.78, 5) is 32.9. The second-order valence-electron chi connectivity index (χ2n) is 9.25. The number of anilines is 1. The Labute approximate surface area is 250 Å². The van der Waals surface area contributed by atoms with E-state index in [-0.39, 0.29) is 24.5 Å². The first-order chi connectivity index (χ1) is 18.9. The van der Waals surface area contributed by atoms with Crippen LogP contribution in [0.4, 0.5) is 5.13 Å². The number of hydrogen-bond donors (Lipinski definition) is 1. The molecule has 0 spiro atoms. The van der Waals surface area contributed by atoms with Crippen molar-refractivity contribution < 1.29 is 14.3 Å². The maximum Gasteiger partial charge on any atom is 0.266 e. The molecule has 2 amide bonds. The minimum absolute atomic E-state index is 0.195. The quantitative estimate of drug-likeness (QED) is 0.207. The van der Waals surface area contributed by atoms with Crippen LogP contribution < -0.4 is 10.1 Å². The van der Waals surface area contributed by atoms with Crippen LogP contribution in [0.3, 0.4) is 0 Å². The van der Waals surface area contributed by atoms with Gasteiger partial charge in [-0.05, 0) is 49.5 Å². The zero-order chi connectivity index (χ0) is 27.4. The Bertz CT molecular complexity index is 1440. The Balaban J connectivity index is 1.21. The minimum Gasteiger partial charge on any atom is -0.490 e. The van der Waals surface area contributed by atoms with Gasteiger partial charge in [-0.15, -0.1) is 11.3 Å². The number of thioether (sulfide) groups is 1. The highest BCUT2D eigenvalue weighted by molar-refractivity contribution is 8.26. The van der Waals surface area contributed by atoms with Crippen LogP contribution in [0, 0.1) is 0 Å². The van der Waals surface area contributed by atoms with E-state index in [2.05, 4.69) is 10.3 Å². The van der Waals surface area contributed by atoms with E-state index < -0.39 is 0 Å². The SMILES string of the molecule is O=C(CN1C(=O)/C(=C/c2ccccc2OC2CCCCC2)SC1=S)Nc1ncc(Cc2cccc(Cl)c2Cl)s1. The van der Waals surface area contributed by atoms with E-state index in [4.69, 9.17) is 40.2 Å². The number of aromatic nitrogens is 1. The molecule has 1 saturated heterocycles. The van der Waals surface area contributed by atoms with E-state index in [0.29, 0.717) is 30.8 Å². The van der Waals surface area contributed by atoms with Crippen LogP contribution in [0.15, 0.2) is 53.6 Å². The maximum atomic E-state index is 13.2. The normalized spacial score (nSPS) is 17.2. The predicted molar refractivity (Wildman–Crippen MR) is 164 cm³/mol. The number of rotatable bonds is 8. The van der Waals surface area contributed by atoms with Gasteiger partial charge in [-0.25, -0.2) is 4.98 Å². The Morgan fingerprint density at radius 2 is 1.95 bits per heavy atom. The molecule has 6 nitrogen and oxygen atoms in total. The Hall–Kier alpha value is -2.43. The number of thiocarbonyl (C=S) groups is 1. The highest BCUT2D eigenvalue weighted by atomic mass is 35.5. The van der Waals surface area contributed by atoms with Gasteiger partial charge in [-0.3, -0.25) is 14.5 Å². The van der Waals surface area contributed by atoms with Crippen LogP contribution in [0.5, 0.6) is 5.75 Å². The van der Waals surface area contributed by atoms with Gasteiger partial charge in [0.1, 0.15) is 16.6 Å². The molecule has 2 fully saturated rings. The van der Waals surface area contributed by atoms with Gasteiger partial charge in [0, 0.05) is 23.1 Å². The predicted octanol–water partition coefficient (Wildman–Crippen LogP) is 7.59. The molecule has 0 atom stereocenters. The van der Waals surface area contributed by atoms with Crippen molar-refractivity contribution >= 4 is 85.9 Å². The van der Waals surface area contributed by atoms with E-state index in [1.54, 1.807) is 18.3 Å². The molecule has 202 valence electrons. The van der Waals surface area contributed by atoms with Crippen molar-refractivity contribution in [1.29, 1.82) is 0 Å². The van der Waals surface area contributed by atoms with Crippen LogP contribution in [0.1, 0.15) is 48.1 Å². The van der Waals surface area contributed by atoms with Gasteiger partial charge >= 0.3 is 0 Å². The Morgan fingerprint density at radius 3 is 2.77 bits per heavy atom. The van der Waals surface area contributed by atoms with Crippen molar-refractivity contribution in [1.82, 2.24) is 9.88 Å². The van der Waals surface area contributed by atoms with Crippen molar-refractivity contribution in [3.8, 4) is 5.75 Å². The lowest BCUT2D eigenvalue weighted by Gasteiger charge is -2.23. The summed E-state index contributed by atoms with van der Waals surface area (Å²) in [5.74, 6) is 0.0735. The summed E-state index contributed by atoms with van der Waals surface area (Å²) in [6, 6.07) is 13.2. The van der Waals surface area contributed by atoms with Crippen LogP contribution in [0.25, 0.3) is 6.08 Å². The molecule has 39 heavy (non-hydrogen) atoms. The maximum absolute atomic E-state index is 13.2. The van der Waals surface area contributed by atoms with Crippen molar-refractivity contribution in [2.45, 2.75) is 44.6 Å². The molecule has 1 aromatic heterocycles. The summed E-state index contributed by atoms with van der Waals surface area (Å²) in [5.41, 5.74) is 1.70. The molecule has 3 aromatic rings. The molecule has 1 aliphatic carbocycles. The first kappa shape index (κ1) is 28.1. The summed E-state index contributed by atoms with van der Waals surface area (Å²) in [7, 11) is 0. The molecular weight excluding hydrogens is 593 g/mol. The van der Waals surface area contributed by atoms with E-state index >= 15 is 0 Å². The topological polar surface area (TPSA) is 71.5 Å². The minimum atomic E-state index is -0.379. The van der Waals surface area contributed by atoms with E-state index in [1.807, 2.05) is 36.4 Å². The number of halogens is 2. The number of benzene rings is 2. The fourth-order valence-corrected chi connectivity index (χ4v) is 6.95. The molecule has 1 N–H and O–H groups in total. The smallest absolute Gasteiger partial charge is 0.266 e. The molecular formula is C28H25Cl2N3O3S3. The fourth-order valence-electron chi connectivity index (χ4n) is 4.47. The number of ether oxygens (including phenoxy) is 1. The third kappa shape index (κ3) is 7.02. The molecule has 1 saturated carbocycles. The fraction of sp³-hybridized carbons (Fsp3) is 0.286. The number of nitrogens with zero attached hydrogens (tertiary/aromatic N) is 2. The molecule has 2 aromatic carbocycles. The number of nitrogens with one attached hydrogen (secondary N) is 1. The van der Waals surface area contributed by atoms with Crippen molar-refractivity contribution in [2.24, 2.45) is 0 Å². The number of carbonyl (C=O) groups excluding carboxylic acids is 2. The first-order valence-electron chi connectivity index (χ1n) is 12.6. The average molecular weight is 619 g/mol. The molecule has 0 unspecified atom stereocenters. The van der Waals surface area contributed by atoms with Crippen LogP contribution in [-0.2, 0) is 16.0 Å². The second-order valence-corrected chi connectivity index (χ2v) is 12.8. The second kappa shape index (κ2) is 12.8. The van der Waals surface area contributed by atoms with Gasteiger partial charge in [-0.1, -0.05) is 83.9 Å². The van der Waals surface area contributed by atoms with Crippen molar-refractivity contribution in [3.05, 3.63) is 79.6 Å². The lowest BCUT2D eigenvalue weighted by Crippen LogP contribution is -2.36. The van der Waals surface area contributed by atoms with E-state index in [9.17, 15) is 9.59 Å². The van der Waals surface area contributed by atoms with Gasteiger partial charge in [0.2, 0.25) is 5.91 Å². The highest BCUT2D eigenvalue weighted by Gasteiger charge is 2.34. The lowest BCUT2D eigenvalue weighted by atomic mass is 9.97. The average Bonchev–Trinajstić information content (AvgIpc) is 3.47. The molecule has 0 radical (unpaired) electrons. The molecule has 2 aliphatic rings. The number of para-hydroxylation sites is 1. The van der Waals surface area contributed by atoms with Gasteiger partial charge < -0.3 is 10.1 Å². The lowest BCUT2D eigenvalue weighted by molar-refractivity contribution is -0.126. The van der Waals surface area contributed by atoms with Gasteiger partial charge in [0.25, 0.3) is 5.91 Å². The van der Waals surface area contributed by atoms with Gasteiger partial charge in [0.15, 0.2) is 5.13 Å². The molecule has 0 bridgehead atoms. The summed E-state index contributed by atoms with van der Waals surface area (Å²) in [6.45, 7) is -0.197. The van der Waals surface area contributed by atoms with Crippen LogP contribution >= 0.6 is 58.5 Å². The van der Waals surface area contributed by atoms with Crippen LogP contribution in [0.2, 0.25) is 10.0 Å². The van der Waals surface area contributed by atoms with Crippen molar-refractivity contribution in [3.63, 3.8) is 0 Å². The van der Waals surface area contributed by atoms with E-state index in [0.717, 1.165) is 34.6 Å². The molecule has 11 heteroatoms. The summed E-state index contributed by atoms with van der Waals surface area (Å²) in [6.07, 6.45) is 9.90. The Morgan fingerprint density at radius 1 is 1.15 bits per heavy atom. The molecule has 2 heterocycles. The number of hydrogen-bond acceptors (Lipinski definition) is 7.